The molecule has 0 aliphatic carbocycles. The quantitative estimate of drug-likeness (QED) is 0.187. The van der Waals surface area contributed by atoms with Crippen molar-refractivity contribution >= 4 is 23.4 Å². The highest BCUT2D eigenvalue weighted by Gasteiger charge is 2.13. The Kier molecular flexibility index (Phi) is 9.39. The molecule has 182 valence electrons. The summed E-state index contributed by atoms with van der Waals surface area (Å²) < 4.78 is 13.8. The standard InChI is InChI=1S/C26H28ClN5O2S/c1-2-33-24-15-8-11-20(25(24)34-19-21-10-6-7-14-23(21)27)18-28-16-9-17-35-26-29-30-31-32(26)22-12-4-3-5-13-22/h3-8,10-15,28H,2,9,16-19H2,1H3. The van der Waals surface area contributed by atoms with Crippen LogP contribution >= 0.6 is 23.4 Å². The monoisotopic (exact) mass is 509 g/mol. The van der Waals surface area contributed by atoms with Gasteiger partial charge in [-0.15, -0.1) is 5.10 Å². The molecule has 1 aromatic heterocycles. The molecule has 1 N–H and O–H groups in total. The molecule has 0 bridgehead atoms. The zero-order chi connectivity index (χ0) is 24.3. The molecule has 0 saturated carbocycles. The van der Waals surface area contributed by atoms with Crippen molar-refractivity contribution < 1.29 is 9.47 Å². The Hall–Kier alpha value is -3.07. The van der Waals surface area contributed by atoms with Gasteiger partial charge in [0.2, 0.25) is 5.16 Å². The van der Waals surface area contributed by atoms with Gasteiger partial charge < -0.3 is 14.8 Å². The van der Waals surface area contributed by atoms with Gasteiger partial charge in [-0.3, -0.25) is 0 Å². The normalized spacial score (nSPS) is 10.9. The van der Waals surface area contributed by atoms with Crippen LogP contribution in [0.3, 0.4) is 0 Å². The molecule has 0 unspecified atom stereocenters. The van der Waals surface area contributed by atoms with Gasteiger partial charge in [-0.05, 0) is 54.6 Å². The second kappa shape index (κ2) is 13.1. The van der Waals surface area contributed by atoms with Gasteiger partial charge in [-0.25, -0.2) is 0 Å². The summed E-state index contributed by atoms with van der Waals surface area (Å²) in [4.78, 5) is 0. The molecule has 0 amide bonds. The second-order valence-electron chi connectivity index (χ2n) is 7.65. The van der Waals surface area contributed by atoms with E-state index >= 15 is 0 Å². The lowest BCUT2D eigenvalue weighted by atomic mass is 10.1. The fourth-order valence-corrected chi connectivity index (χ4v) is 4.50. The lowest BCUT2D eigenvalue weighted by molar-refractivity contribution is 0.266. The number of nitrogens with one attached hydrogen (secondary N) is 1. The van der Waals surface area contributed by atoms with E-state index in [-0.39, 0.29) is 0 Å². The van der Waals surface area contributed by atoms with E-state index in [0.29, 0.717) is 24.8 Å². The Bertz CT molecular complexity index is 1210. The third-order valence-corrected chi connectivity index (χ3v) is 6.55. The van der Waals surface area contributed by atoms with Gasteiger partial charge in [-0.2, -0.15) is 4.68 Å². The number of nitrogens with zero attached hydrogens (tertiary/aromatic N) is 4. The summed E-state index contributed by atoms with van der Waals surface area (Å²) in [7, 11) is 0. The molecular formula is C26H28ClN5O2S. The van der Waals surface area contributed by atoms with Crippen LogP contribution in [0.25, 0.3) is 5.69 Å². The van der Waals surface area contributed by atoms with Crippen LogP contribution in [-0.4, -0.2) is 39.1 Å². The molecule has 1 heterocycles. The lowest BCUT2D eigenvalue weighted by Gasteiger charge is -2.17. The smallest absolute Gasteiger partial charge is 0.214 e. The van der Waals surface area contributed by atoms with Crippen LogP contribution in [0.5, 0.6) is 11.5 Å². The predicted octanol–water partition coefficient (Wildman–Crippen LogP) is 5.57. The molecule has 35 heavy (non-hydrogen) atoms. The van der Waals surface area contributed by atoms with E-state index in [9.17, 15) is 0 Å². The fourth-order valence-electron chi connectivity index (χ4n) is 3.48. The average Bonchev–Trinajstić information content (AvgIpc) is 3.36. The molecule has 4 rings (SSSR count). The van der Waals surface area contributed by atoms with Gasteiger partial charge in [0.1, 0.15) is 6.61 Å². The summed E-state index contributed by atoms with van der Waals surface area (Å²) in [6, 6.07) is 23.6. The Morgan fingerprint density at radius 3 is 2.57 bits per heavy atom. The number of para-hydroxylation sites is 2. The highest BCUT2D eigenvalue weighted by Crippen LogP contribution is 2.33. The Labute approximate surface area is 214 Å². The van der Waals surface area contributed by atoms with Gasteiger partial charge >= 0.3 is 0 Å². The summed E-state index contributed by atoms with van der Waals surface area (Å²) in [5.41, 5.74) is 2.94. The van der Waals surface area contributed by atoms with Crippen molar-refractivity contribution in [2.45, 2.75) is 31.7 Å². The van der Waals surface area contributed by atoms with Gasteiger partial charge in [0.25, 0.3) is 0 Å². The Balaban J connectivity index is 1.29. The van der Waals surface area contributed by atoms with Gasteiger partial charge in [0.15, 0.2) is 11.5 Å². The zero-order valence-electron chi connectivity index (χ0n) is 19.6. The van der Waals surface area contributed by atoms with E-state index in [1.165, 1.54) is 0 Å². The first kappa shape index (κ1) is 25.0. The van der Waals surface area contributed by atoms with E-state index < -0.39 is 0 Å². The molecule has 0 radical (unpaired) electrons. The van der Waals surface area contributed by atoms with E-state index in [1.807, 2.05) is 73.7 Å². The number of aromatic nitrogens is 4. The van der Waals surface area contributed by atoms with E-state index in [0.717, 1.165) is 52.2 Å². The van der Waals surface area contributed by atoms with Crippen molar-refractivity contribution in [3.63, 3.8) is 0 Å². The molecule has 0 aliphatic rings. The van der Waals surface area contributed by atoms with Gasteiger partial charge in [-0.1, -0.05) is 71.9 Å². The van der Waals surface area contributed by atoms with Crippen molar-refractivity contribution in [2.24, 2.45) is 0 Å². The Morgan fingerprint density at radius 1 is 0.943 bits per heavy atom. The maximum Gasteiger partial charge on any atom is 0.214 e. The first-order valence-electron chi connectivity index (χ1n) is 11.5. The summed E-state index contributed by atoms with van der Waals surface area (Å²) in [5, 5.41) is 17.1. The van der Waals surface area contributed by atoms with Crippen LogP contribution in [0.4, 0.5) is 0 Å². The molecule has 7 nitrogen and oxygen atoms in total. The van der Waals surface area contributed by atoms with Crippen LogP contribution in [0.1, 0.15) is 24.5 Å². The molecule has 0 atom stereocenters. The van der Waals surface area contributed by atoms with Gasteiger partial charge in [0.05, 0.1) is 12.3 Å². The van der Waals surface area contributed by atoms with Crippen LogP contribution in [0.15, 0.2) is 78.0 Å². The first-order valence-corrected chi connectivity index (χ1v) is 12.9. The number of hydrogen-bond acceptors (Lipinski definition) is 7. The predicted molar refractivity (Wildman–Crippen MR) is 140 cm³/mol. The number of thioether (sulfide) groups is 1. The minimum absolute atomic E-state index is 0.379. The lowest BCUT2D eigenvalue weighted by Crippen LogP contribution is -2.16. The number of halogens is 1. The van der Waals surface area contributed by atoms with Crippen LogP contribution < -0.4 is 14.8 Å². The van der Waals surface area contributed by atoms with Crippen molar-refractivity contribution in [1.29, 1.82) is 0 Å². The topological polar surface area (TPSA) is 74.1 Å². The molecule has 0 aliphatic heterocycles. The maximum absolute atomic E-state index is 6.31. The van der Waals surface area contributed by atoms with E-state index in [2.05, 4.69) is 26.9 Å². The minimum Gasteiger partial charge on any atom is -0.490 e. The molecular weight excluding hydrogens is 482 g/mol. The van der Waals surface area contributed by atoms with Crippen molar-refractivity contribution in [2.75, 3.05) is 18.9 Å². The zero-order valence-corrected chi connectivity index (χ0v) is 21.1. The number of hydrogen-bond donors (Lipinski definition) is 1. The van der Waals surface area contributed by atoms with E-state index in [4.69, 9.17) is 21.1 Å². The Morgan fingerprint density at radius 2 is 1.74 bits per heavy atom. The first-order chi connectivity index (χ1) is 17.3. The minimum atomic E-state index is 0.379. The second-order valence-corrected chi connectivity index (χ2v) is 9.11. The summed E-state index contributed by atoms with van der Waals surface area (Å²) in [6.07, 6.45) is 0.966. The highest BCUT2D eigenvalue weighted by molar-refractivity contribution is 7.99. The number of ether oxygens (including phenoxy) is 2. The molecule has 3 aromatic carbocycles. The largest absolute Gasteiger partial charge is 0.490 e. The average molecular weight is 510 g/mol. The third-order valence-electron chi connectivity index (χ3n) is 5.18. The number of rotatable bonds is 13. The summed E-state index contributed by atoms with van der Waals surface area (Å²) in [6.45, 7) is 4.44. The van der Waals surface area contributed by atoms with Crippen molar-refractivity contribution in [3.8, 4) is 17.2 Å². The maximum atomic E-state index is 6.31. The van der Waals surface area contributed by atoms with Crippen molar-refractivity contribution in [1.82, 2.24) is 25.5 Å². The van der Waals surface area contributed by atoms with Gasteiger partial charge in [0, 0.05) is 28.4 Å². The third kappa shape index (κ3) is 6.97. The summed E-state index contributed by atoms with van der Waals surface area (Å²) in [5.74, 6) is 2.38. The molecule has 0 saturated heterocycles. The highest BCUT2D eigenvalue weighted by atomic mass is 35.5. The number of benzene rings is 3. The molecule has 0 fully saturated rings. The van der Waals surface area contributed by atoms with Crippen LogP contribution in [-0.2, 0) is 13.2 Å². The van der Waals surface area contributed by atoms with Crippen LogP contribution in [0.2, 0.25) is 5.02 Å². The summed E-state index contributed by atoms with van der Waals surface area (Å²) >= 11 is 7.95. The van der Waals surface area contributed by atoms with Crippen molar-refractivity contribution in [3.05, 3.63) is 88.9 Å². The molecule has 0 spiro atoms. The number of tetrazole rings is 1. The fraction of sp³-hybridized carbons (Fsp3) is 0.269. The van der Waals surface area contributed by atoms with Crippen LogP contribution in [0, 0.1) is 0 Å². The van der Waals surface area contributed by atoms with E-state index in [1.54, 1.807) is 16.4 Å². The SMILES string of the molecule is CCOc1cccc(CNCCCSc2nnnn2-c2ccccc2)c1OCc1ccccc1Cl. The molecule has 4 aromatic rings. The molecule has 9 heteroatoms.